The Balaban J connectivity index is 2.01. The van der Waals surface area contributed by atoms with Crippen molar-refractivity contribution in [1.82, 2.24) is 4.90 Å². The van der Waals surface area contributed by atoms with Gasteiger partial charge in [-0.15, -0.1) is 0 Å². The first-order valence-electron chi connectivity index (χ1n) is 7.47. The fourth-order valence-electron chi connectivity index (χ4n) is 2.78. The molecular formula is C17H25NOS. The Morgan fingerprint density at radius 1 is 1.35 bits per heavy atom. The summed E-state index contributed by atoms with van der Waals surface area (Å²) < 4.78 is 0. The summed E-state index contributed by atoms with van der Waals surface area (Å²) in [5.41, 5.74) is 0.512. The highest BCUT2D eigenvalue weighted by atomic mass is 32.2. The van der Waals surface area contributed by atoms with Crippen LogP contribution in [0, 0.1) is 5.41 Å². The maximum atomic E-state index is 12.7. The van der Waals surface area contributed by atoms with E-state index in [9.17, 15) is 4.79 Å². The fourth-order valence-corrected chi connectivity index (χ4v) is 4.03. The summed E-state index contributed by atoms with van der Waals surface area (Å²) in [6.07, 6.45) is 1.22. The zero-order valence-corrected chi connectivity index (χ0v) is 13.6. The first-order valence-corrected chi connectivity index (χ1v) is 8.51. The van der Waals surface area contributed by atoms with E-state index in [1.165, 1.54) is 12.2 Å². The van der Waals surface area contributed by atoms with E-state index in [2.05, 4.69) is 37.4 Å². The van der Waals surface area contributed by atoms with E-state index in [0.717, 1.165) is 30.4 Å². The molecule has 0 spiro atoms. The normalized spacial score (nSPS) is 20.9. The molecule has 0 radical (unpaired) electrons. The monoisotopic (exact) mass is 291 g/mol. The summed E-state index contributed by atoms with van der Waals surface area (Å²) in [4.78, 5) is 15.1. The Labute approximate surface area is 126 Å². The van der Waals surface area contributed by atoms with Crippen molar-refractivity contribution in [2.75, 3.05) is 25.4 Å². The van der Waals surface area contributed by atoms with Gasteiger partial charge in [0.05, 0.1) is 0 Å². The second kappa shape index (κ2) is 6.77. The lowest BCUT2D eigenvalue weighted by atomic mass is 9.83. The molecule has 0 saturated carbocycles. The lowest BCUT2D eigenvalue weighted by molar-refractivity contribution is 0.0766. The number of benzene rings is 1. The minimum atomic E-state index is -0.318. The number of thioether (sulfide) groups is 1. The Morgan fingerprint density at radius 3 is 2.70 bits per heavy atom. The van der Waals surface area contributed by atoms with Crippen molar-refractivity contribution in [3.8, 4) is 0 Å². The largest absolute Gasteiger partial charge is 0.300 e. The van der Waals surface area contributed by atoms with Gasteiger partial charge in [-0.05, 0) is 6.42 Å². The molecule has 3 heteroatoms. The van der Waals surface area contributed by atoms with Crippen LogP contribution in [0.15, 0.2) is 30.3 Å². The maximum absolute atomic E-state index is 12.7. The molecule has 1 fully saturated rings. The summed E-state index contributed by atoms with van der Waals surface area (Å²) in [6, 6.07) is 9.68. The van der Waals surface area contributed by atoms with Gasteiger partial charge in [0.2, 0.25) is 0 Å². The second-order valence-electron chi connectivity index (χ2n) is 6.22. The van der Waals surface area contributed by atoms with Crippen molar-refractivity contribution in [3.63, 3.8) is 0 Å². The summed E-state index contributed by atoms with van der Waals surface area (Å²) in [5, 5.41) is 0.728. The van der Waals surface area contributed by atoms with Gasteiger partial charge >= 0.3 is 0 Å². The van der Waals surface area contributed by atoms with E-state index in [4.69, 9.17) is 0 Å². The average molecular weight is 291 g/mol. The Bertz CT molecular complexity index is 444. The molecule has 1 aliphatic heterocycles. The molecule has 0 N–H and O–H groups in total. The third-order valence-corrected chi connectivity index (χ3v) is 5.32. The zero-order chi connectivity index (χ0) is 14.6. The number of carbonyl (C=O) groups excluding carboxylic acids is 1. The van der Waals surface area contributed by atoms with Crippen LogP contribution in [0.2, 0.25) is 0 Å². The van der Waals surface area contributed by atoms with Crippen molar-refractivity contribution in [2.45, 2.75) is 32.4 Å². The van der Waals surface area contributed by atoms with Crippen LogP contribution in [0.1, 0.15) is 37.6 Å². The smallest absolute Gasteiger partial charge is 0.169 e. The number of nitrogens with zero attached hydrogens (tertiary/aromatic N) is 1. The molecule has 1 saturated heterocycles. The third kappa shape index (κ3) is 3.86. The summed E-state index contributed by atoms with van der Waals surface area (Å²) >= 11 is 2.07. The van der Waals surface area contributed by atoms with E-state index in [0.29, 0.717) is 0 Å². The zero-order valence-electron chi connectivity index (χ0n) is 12.8. The van der Waals surface area contributed by atoms with E-state index >= 15 is 0 Å². The van der Waals surface area contributed by atoms with Gasteiger partial charge in [0.25, 0.3) is 0 Å². The number of rotatable bonds is 5. The van der Waals surface area contributed by atoms with Crippen molar-refractivity contribution >= 4 is 17.5 Å². The van der Waals surface area contributed by atoms with Crippen molar-refractivity contribution in [3.05, 3.63) is 35.9 Å². The van der Waals surface area contributed by atoms with Gasteiger partial charge in [0.1, 0.15) is 0 Å². The van der Waals surface area contributed by atoms with Crippen LogP contribution in [0.25, 0.3) is 0 Å². The molecule has 1 heterocycles. The van der Waals surface area contributed by atoms with Crippen molar-refractivity contribution in [2.24, 2.45) is 5.41 Å². The molecule has 20 heavy (non-hydrogen) atoms. The van der Waals surface area contributed by atoms with Crippen LogP contribution in [0.3, 0.4) is 0 Å². The molecule has 1 aromatic carbocycles. The first-order chi connectivity index (χ1) is 9.53. The van der Waals surface area contributed by atoms with Crippen LogP contribution >= 0.6 is 11.8 Å². The quantitative estimate of drug-likeness (QED) is 0.771. The Hall–Kier alpha value is -0.800. The number of ketones is 1. The Kier molecular flexibility index (Phi) is 5.28. The molecule has 2 rings (SSSR count). The van der Waals surface area contributed by atoms with Crippen molar-refractivity contribution in [1.29, 1.82) is 0 Å². The average Bonchev–Trinajstić information content (AvgIpc) is 2.47. The minimum Gasteiger partial charge on any atom is -0.300 e. The fraction of sp³-hybridized carbons (Fsp3) is 0.588. The minimum absolute atomic E-state index is 0.254. The molecule has 0 aliphatic carbocycles. The third-order valence-electron chi connectivity index (χ3n) is 3.95. The molecular weight excluding hydrogens is 266 g/mol. The molecule has 2 nitrogen and oxygen atoms in total. The highest BCUT2D eigenvalue weighted by Gasteiger charge is 2.32. The highest BCUT2D eigenvalue weighted by molar-refractivity contribution is 8.00. The predicted octanol–water partition coefficient (Wildman–Crippen LogP) is 3.72. The molecule has 1 aliphatic rings. The van der Waals surface area contributed by atoms with Crippen LogP contribution < -0.4 is 0 Å². The lowest BCUT2D eigenvalue weighted by Crippen LogP contribution is -2.45. The maximum Gasteiger partial charge on any atom is 0.169 e. The number of carbonyl (C=O) groups is 1. The van der Waals surface area contributed by atoms with E-state index in [1.807, 2.05) is 30.3 Å². The number of hydrogen-bond donors (Lipinski definition) is 0. The van der Waals surface area contributed by atoms with E-state index in [-0.39, 0.29) is 11.2 Å². The van der Waals surface area contributed by atoms with Gasteiger partial charge in [0.15, 0.2) is 5.78 Å². The topological polar surface area (TPSA) is 20.3 Å². The Morgan fingerprint density at radius 2 is 2.05 bits per heavy atom. The number of Topliss-reactive ketones (excluding diaryl/α,β-unsaturated/α-hetero) is 1. The van der Waals surface area contributed by atoms with Gasteiger partial charge in [-0.25, -0.2) is 0 Å². The molecule has 0 amide bonds. The first kappa shape index (κ1) is 15.6. The van der Waals surface area contributed by atoms with Gasteiger partial charge in [-0.3, -0.25) is 4.79 Å². The van der Waals surface area contributed by atoms with Gasteiger partial charge in [0, 0.05) is 41.6 Å². The molecule has 1 atom stereocenters. The van der Waals surface area contributed by atoms with Crippen LogP contribution in [0.5, 0.6) is 0 Å². The second-order valence-corrected chi connectivity index (χ2v) is 7.62. The SMILES string of the molecule is CCC1CN(CC(C)(C)C(=O)c2ccccc2)CCS1. The predicted molar refractivity (Wildman–Crippen MR) is 87.5 cm³/mol. The van der Waals surface area contributed by atoms with Crippen LogP contribution in [-0.4, -0.2) is 41.3 Å². The summed E-state index contributed by atoms with van der Waals surface area (Å²) in [7, 11) is 0. The molecule has 0 bridgehead atoms. The van der Waals surface area contributed by atoms with E-state index in [1.54, 1.807) is 0 Å². The molecule has 0 aromatic heterocycles. The van der Waals surface area contributed by atoms with Crippen LogP contribution in [0.4, 0.5) is 0 Å². The standard InChI is InChI=1S/C17H25NOS/c1-4-15-12-18(10-11-20-15)13-17(2,3)16(19)14-8-6-5-7-9-14/h5-9,15H,4,10-13H2,1-3H3. The molecule has 110 valence electrons. The van der Waals surface area contributed by atoms with Crippen molar-refractivity contribution < 1.29 is 4.79 Å². The van der Waals surface area contributed by atoms with Gasteiger partial charge < -0.3 is 4.90 Å². The van der Waals surface area contributed by atoms with E-state index < -0.39 is 0 Å². The highest BCUT2D eigenvalue weighted by Crippen LogP contribution is 2.27. The molecule has 1 aromatic rings. The number of hydrogen-bond acceptors (Lipinski definition) is 3. The van der Waals surface area contributed by atoms with Crippen LogP contribution in [-0.2, 0) is 0 Å². The lowest BCUT2D eigenvalue weighted by Gasteiger charge is -2.37. The van der Waals surface area contributed by atoms with Gasteiger partial charge in [-0.1, -0.05) is 51.1 Å². The summed E-state index contributed by atoms with van der Waals surface area (Å²) in [5.74, 6) is 1.44. The van der Waals surface area contributed by atoms with Gasteiger partial charge in [-0.2, -0.15) is 11.8 Å². The summed E-state index contributed by atoms with van der Waals surface area (Å²) in [6.45, 7) is 9.48. The molecule has 1 unspecified atom stereocenters.